The van der Waals surface area contributed by atoms with Crippen LogP contribution in [0, 0.1) is 5.82 Å². The molecule has 7 heteroatoms. The molecular weight excluding hydrogens is 355 g/mol. The molecule has 116 valence electrons. The first-order valence-corrected chi connectivity index (χ1v) is 7.15. The fourth-order valence-electron chi connectivity index (χ4n) is 1.79. The van der Waals surface area contributed by atoms with Crippen molar-refractivity contribution in [1.29, 1.82) is 0 Å². The standard InChI is InChI=1S/C15H14BrFN2O3/c1-21-10-5-3-9(4-6-10)8-18-12-7-11(17)14(16)19-13(12)15(20)22-2/h3-7,18H,8H2,1-2H3. The molecule has 0 atom stereocenters. The lowest BCUT2D eigenvalue weighted by molar-refractivity contribution is 0.0595. The van der Waals surface area contributed by atoms with Gasteiger partial charge < -0.3 is 14.8 Å². The van der Waals surface area contributed by atoms with Gasteiger partial charge in [0.2, 0.25) is 0 Å². The summed E-state index contributed by atoms with van der Waals surface area (Å²) in [4.78, 5) is 15.6. The average molecular weight is 369 g/mol. The number of halogens is 2. The second-order valence-electron chi connectivity index (χ2n) is 4.35. The number of hydrogen-bond donors (Lipinski definition) is 1. The van der Waals surface area contributed by atoms with Crippen molar-refractivity contribution in [3.05, 3.63) is 52.0 Å². The number of benzene rings is 1. The second-order valence-corrected chi connectivity index (χ2v) is 5.10. The van der Waals surface area contributed by atoms with E-state index < -0.39 is 11.8 Å². The molecular formula is C15H14BrFN2O3. The molecule has 0 bridgehead atoms. The summed E-state index contributed by atoms with van der Waals surface area (Å²) < 4.78 is 23.3. The van der Waals surface area contributed by atoms with Gasteiger partial charge in [-0.1, -0.05) is 12.1 Å². The molecule has 5 nitrogen and oxygen atoms in total. The normalized spacial score (nSPS) is 10.2. The number of aromatic nitrogens is 1. The summed E-state index contributed by atoms with van der Waals surface area (Å²) in [6.45, 7) is 0.400. The monoisotopic (exact) mass is 368 g/mol. The van der Waals surface area contributed by atoms with Gasteiger partial charge in [0.25, 0.3) is 0 Å². The summed E-state index contributed by atoms with van der Waals surface area (Å²) in [5.74, 6) is -0.460. The maximum Gasteiger partial charge on any atom is 0.358 e. The van der Waals surface area contributed by atoms with E-state index in [-0.39, 0.29) is 16.0 Å². The van der Waals surface area contributed by atoms with Gasteiger partial charge in [0.15, 0.2) is 11.5 Å². The minimum absolute atomic E-state index is 0.0179. The zero-order valence-electron chi connectivity index (χ0n) is 12.0. The molecule has 0 spiro atoms. The molecule has 0 aliphatic carbocycles. The van der Waals surface area contributed by atoms with Gasteiger partial charge in [-0.3, -0.25) is 0 Å². The molecule has 0 aliphatic heterocycles. The van der Waals surface area contributed by atoms with Crippen molar-refractivity contribution in [3.8, 4) is 5.75 Å². The first-order valence-electron chi connectivity index (χ1n) is 6.36. The first-order chi connectivity index (χ1) is 10.5. The zero-order valence-corrected chi connectivity index (χ0v) is 13.6. The molecule has 0 unspecified atom stereocenters. The van der Waals surface area contributed by atoms with Crippen molar-refractivity contribution in [2.24, 2.45) is 0 Å². The van der Waals surface area contributed by atoms with Crippen LogP contribution in [0.5, 0.6) is 5.75 Å². The number of carbonyl (C=O) groups excluding carboxylic acids is 1. The summed E-state index contributed by atoms with van der Waals surface area (Å²) in [6, 6.07) is 8.57. The van der Waals surface area contributed by atoms with Gasteiger partial charge >= 0.3 is 5.97 Å². The number of methoxy groups -OCH3 is 2. The Balaban J connectivity index is 2.20. The van der Waals surface area contributed by atoms with E-state index in [0.29, 0.717) is 6.54 Å². The van der Waals surface area contributed by atoms with Crippen LogP contribution in [0.25, 0.3) is 0 Å². The highest BCUT2D eigenvalue weighted by Gasteiger charge is 2.17. The van der Waals surface area contributed by atoms with Gasteiger partial charge in [-0.15, -0.1) is 0 Å². The van der Waals surface area contributed by atoms with Crippen LogP contribution >= 0.6 is 15.9 Å². The van der Waals surface area contributed by atoms with E-state index in [1.807, 2.05) is 24.3 Å². The topological polar surface area (TPSA) is 60.5 Å². The highest BCUT2D eigenvalue weighted by Crippen LogP contribution is 2.22. The Hall–Kier alpha value is -2.15. The number of esters is 1. The van der Waals surface area contributed by atoms with Crippen LogP contribution in [0.1, 0.15) is 16.1 Å². The van der Waals surface area contributed by atoms with Crippen LogP contribution in [0.3, 0.4) is 0 Å². The summed E-state index contributed by atoms with van der Waals surface area (Å²) in [7, 11) is 2.83. The number of anilines is 1. The van der Waals surface area contributed by atoms with Gasteiger partial charge in [-0.05, 0) is 33.6 Å². The Kier molecular flexibility index (Phi) is 5.32. The molecule has 2 rings (SSSR count). The number of nitrogens with zero attached hydrogens (tertiary/aromatic N) is 1. The Morgan fingerprint density at radius 1 is 1.32 bits per heavy atom. The van der Waals surface area contributed by atoms with Crippen molar-refractivity contribution in [3.63, 3.8) is 0 Å². The molecule has 1 aromatic carbocycles. The summed E-state index contributed by atoms with van der Waals surface area (Å²) in [5, 5.41) is 2.99. The molecule has 0 fully saturated rings. The Morgan fingerprint density at radius 3 is 2.59 bits per heavy atom. The molecule has 1 N–H and O–H groups in total. The molecule has 0 amide bonds. The summed E-state index contributed by atoms with van der Waals surface area (Å²) in [5.41, 5.74) is 1.23. The largest absolute Gasteiger partial charge is 0.497 e. The molecule has 0 radical (unpaired) electrons. The van der Waals surface area contributed by atoms with Crippen LogP contribution in [0.4, 0.5) is 10.1 Å². The van der Waals surface area contributed by atoms with Crippen LogP contribution in [-0.4, -0.2) is 25.2 Å². The van der Waals surface area contributed by atoms with Crippen LogP contribution in [0.15, 0.2) is 34.9 Å². The van der Waals surface area contributed by atoms with Crippen molar-refractivity contribution in [1.82, 2.24) is 4.98 Å². The first kappa shape index (κ1) is 16.2. The highest BCUT2D eigenvalue weighted by atomic mass is 79.9. The molecule has 1 heterocycles. The average Bonchev–Trinajstić information content (AvgIpc) is 2.55. The van der Waals surface area contributed by atoms with Crippen LogP contribution in [-0.2, 0) is 11.3 Å². The van der Waals surface area contributed by atoms with E-state index in [1.54, 1.807) is 7.11 Å². The molecule has 22 heavy (non-hydrogen) atoms. The quantitative estimate of drug-likeness (QED) is 0.647. The predicted octanol–water partition coefficient (Wildman–Crippen LogP) is 3.39. The van der Waals surface area contributed by atoms with Gasteiger partial charge in [-0.2, -0.15) is 0 Å². The van der Waals surface area contributed by atoms with Crippen molar-refractivity contribution >= 4 is 27.6 Å². The summed E-state index contributed by atoms with van der Waals surface area (Å²) in [6.07, 6.45) is 0. The smallest absolute Gasteiger partial charge is 0.358 e. The van der Waals surface area contributed by atoms with Gasteiger partial charge in [-0.25, -0.2) is 14.2 Å². The van der Waals surface area contributed by atoms with Crippen molar-refractivity contribution in [2.75, 3.05) is 19.5 Å². The maximum atomic E-state index is 13.6. The predicted molar refractivity (Wildman–Crippen MR) is 83.6 cm³/mol. The molecule has 0 saturated heterocycles. The summed E-state index contributed by atoms with van der Waals surface area (Å²) >= 11 is 2.95. The Bertz CT molecular complexity index is 677. The lowest BCUT2D eigenvalue weighted by atomic mass is 10.2. The molecule has 2 aromatic rings. The van der Waals surface area contributed by atoms with E-state index >= 15 is 0 Å². The minimum Gasteiger partial charge on any atom is -0.497 e. The number of hydrogen-bond acceptors (Lipinski definition) is 5. The molecule has 1 aromatic heterocycles. The Morgan fingerprint density at radius 2 is 2.00 bits per heavy atom. The third-order valence-corrected chi connectivity index (χ3v) is 3.51. The van der Waals surface area contributed by atoms with Crippen molar-refractivity contribution in [2.45, 2.75) is 6.54 Å². The van der Waals surface area contributed by atoms with E-state index in [0.717, 1.165) is 11.3 Å². The number of nitrogens with one attached hydrogen (secondary N) is 1. The van der Waals surface area contributed by atoms with Gasteiger partial charge in [0.1, 0.15) is 10.4 Å². The number of ether oxygens (including phenoxy) is 2. The van der Waals surface area contributed by atoms with Crippen LogP contribution < -0.4 is 10.1 Å². The fraction of sp³-hybridized carbons (Fsp3) is 0.200. The van der Waals surface area contributed by atoms with Crippen LogP contribution in [0.2, 0.25) is 0 Å². The van der Waals surface area contributed by atoms with Gasteiger partial charge in [0, 0.05) is 12.6 Å². The third-order valence-electron chi connectivity index (χ3n) is 2.95. The van der Waals surface area contributed by atoms with E-state index in [9.17, 15) is 9.18 Å². The third kappa shape index (κ3) is 3.73. The van der Waals surface area contributed by atoms with Gasteiger partial charge in [0.05, 0.1) is 19.9 Å². The number of rotatable bonds is 5. The van der Waals surface area contributed by atoms with E-state index in [4.69, 9.17) is 4.74 Å². The number of carbonyl (C=O) groups is 1. The zero-order chi connectivity index (χ0) is 16.1. The molecule has 0 aliphatic rings. The lowest BCUT2D eigenvalue weighted by Gasteiger charge is -2.11. The van der Waals surface area contributed by atoms with E-state index in [1.165, 1.54) is 13.2 Å². The Labute approximate surface area is 135 Å². The highest BCUT2D eigenvalue weighted by molar-refractivity contribution is 9.10. The lowest BCUT2D eigenvalue weighted by Crippen LogP contribution is -2.11. The second kappa shape index (κ2) is 7.22. The maximum absolute atomic E-state index is 13.6. The number of pyridine rings is 1. The fourth-order valence-corrected chi connectivity index (χ4v) is 2.09. The van der Waals surface area contributed by atoms with Crippen molar-refractivity contribution < 1.29 is 18.7 Å². The SMILES string of the molecule is COC(=O)c1nc(Br)c(F)cc1NCc1ccc(OC)cc1. The molecule has 0 saturated carbocycles. The van der Waals surface area contributed by atoms with E-state index in [2.05, 4.69) is 31.0 Å². The minimum atomic E-state index is -0.641.